The van der Waals surface area contributed by atoms with Gasteiger partial charge in [-0.2, -0.15) is 5.10 Å². The molecule has 182 valence electrons. The summed E-state index contributed by atoms with van der Waals surface area (Å²) in [4.78, 5) is 29.3. The molecule has 0 atom stereocenters. The summed E-state index contributed by atoms with van der Waals surface area (Å²) in [7, 11) is 0. The number of carbonyl (C=O) groups excluding carboxylic acids is 1. The Kier molecular flexibility index (Phi) is 6.73. The molecule has 1 N–H and O–H groups in total. The van der Waals surface area contributed by atoms with E-state index in [-0.39, 0.29) is 11.2 Å². The Hall–Kier alpha value is -4.10. The molecule has 0 unspecified atom stereocenters. The van der Waals surface area contributed by atoms with Gasteiger partial charge in [0.05, 0.1) is 11.1 Å². The van der Waals surface area contributed by atoms with Crippen molar-refractivity contribution in [2.45, 2.75) is 6.92 Å². The molecule has 1 aliphatic rings. The van der Waals surface area contributed by atoms with Crippen molar-refractivity contribution in [3.05, 3.63) is 94.1 Å². The minimum atomic E-state index is -0.124. The monoisotopic (exact) mass is 500 g/mol. The van der Waals surface area contributed by atoms with E-state index in [2.05, 4.69) is 15.4 Å². The molecular formula is C28H25ClN4O3. The van der Waals surface area contributed by atoms with Gasteiger partial charge in [0, 0.05) is 61.5 Å². The molecule has 2 heterocycles. The van der Waals surface area contributed by atoms with Crippen molar-refractivity contribution in [2.75, 3.05) is 36.5 Å². The highest BCUT2D eigenvalue weighted by molar-refractivity contribution is 6.38. The molecule has 1 aromatic heterocycles. The van der Waals surface area contributed by atoms with Gasteiger partial charge in [-0.15, -0.1) is 0 Å². The van der Waals surface area contributed by atoms with E-state index in [0.717, 1.165) is 24.3 Å². The topological polar surface area (TPSA) is 78.1 Å². The zero-order valence-corrected chi connectivity index (χ0v) is 20.5. The molecule has 4 aromatic rings. The lowest BCUT2D eigenvalue weighted by Gasteiger charge is -2.37. The molecule has 0 amide bonds. The van der Waals surface area contributed by atoms with Crippen LogP contribution in [0.4, 0.5) is 11.4 Å². The lowest BCUT2D eigenvalue weighted by molar-refractivity contribution is -0.111. The van der Waals surface area contributed by atoms with Crippen LogP contribution in [0.2, 0.25) is 5.02 Å². The summed E-state index contributed by atoms with van der Waals surface area (Å²) in [6.07, 6.45) is 0. The second kappa shape index (κ2) is 10.3. The molecular weight excluding hydrogens is 476 g/mol. The van der Waals surface area contributed by atoms with Crippen LogP contribution in [0, 0.1) is 0 Å². The number of rotatable bonds is 5. The van der Waals surface area contributed by atoms with E-state index in [1.54, 1.807) is 18.2 Å². The van der Waals surface area contributed by atoms with E-state index in [4.69, 9.17) is 16.0 Å². The van der Waals surface area contributed by atoms with E-state index in [0.29, 0.717) is 46.4 Å². The number of hydrogen-bond donors (Lipinski definition) is 1. The van der Waals surface area contributed by atoms with Crippen LogP contribution < -0.4 is 15.8 Å². The highest BCUT2D eigenvalue weighted by atomic mass is 35.5. The first-order valence-electron chi connectivity index (χ1n) is 11.7. The second-order valence-electron chi connectivity index (χ2n) is 8.61. The standard InChI is InChI=1S/C28H25ClN4O3/c1-19(34)28(33-15-13-32(14-16-33)23-10-7-21(29)8-11-23)31-30-22-9-12-24-25(35)18-26(36-27(24)17-22)20-5-3-2-4-6-20/h2-12,17-18,30H,13-16H2,1H3/b31-28-. The second-order valence-corrected chi connectivity index (χ2v) is 9.04. The minimum Gasteiger partial charge on any atom is -0.456 e. The zero-order chi connectivity index (χ0) is 25.1. The Morgan fingerprint density at radius 3 is 2.36 bits per heavy atom. The number of nitrogens with one attached hydrogen (secondary N) is 1. The smallest absolute Gasteiger partial charge is 0.196 e. The minimum absolute atomic E-state index is 0.117. The maximum Gasteiger partial charge on any atom is 0.196 e. The van der Waals surface area contributed by atoms with Crippen LogP contribution >= 0.6 is 11.6 Å². The Bertz CT molecular complexity index is 1470. The van der Waals surface area contributed by atoms with Crippen molar-refractivity contribution in [1.82, 2.24) is 4.90 Å². The lowest BCUT2D eigenvalue weighted by atomic mass is 10.1. The average molecular weight is 501 g/mol. The Morgan fingerprint density at radius 2 is 1.67 bits per heavy atom. The number of ketones is 1. The average Bonchev–Trinajstić information content (AvgIpc) is 2.90. The molecule has 5 rings (SSSR count). The predicted octanol–water partition coefficient (Wildman–Crippen LogP) is 5.25. The van der Waals surface area contributed by atoms with Gasteiger partial charge in [0.25, 0.3) is 0 Å². The van der Waals surface area contributed by atoms with Crippen LogP contribution in [0.15, 0.2) is 93.2 Å². The number of carbonyl (C=O) groups is 1. The van der Waals surface area contributed by atoms with Crippen molar-refractivity contribution in [1.29, 1.82) is 0 Å². The van der Waals surface area contributed by atoms with Crippen molar-refractivity contribution in [3.63, 3.8) is 0 Å². The lowest BCUT2D eigenvalue weighted by Crippen LogP contribution is -2.50. The number of benzene rings is 3. The highest BCUT2D eigenvalue weighted by Crippen LogP contribution is 2.24. The molecule has 1 fully saturated rings. The van der Waals surface area contributed by atoms with E-state index in [9.17, 15) is 9.59 Å². The summed E-state index contributed by atoms with van der Waals surface area (Å²) in [6.45, 7) is 4.36. The summed E-state index contributed by atoms with van der Waals surface area (Å²) in [5, 5.41) is 5.61. The van der Waals surface area contributed by atoms with Crippen LogP contribution in [-0.4, -0.2) is 42.7 Å². The van der Waals surface area contributed by atoms with Gasteiger partial charge >= 0.3 is 0 Å². The number of Topliss-reactive ketones (excluding diaryl/α,β-unsaturated/α-hetero) is 1. The zero-order valence-electron chi connectivity index (χ0n) is 19.8. The van der Waals surface area contributed by atoms with Crippen LogP contribution in [0.1, 0.15) is 6.92 Å². The molecule has 0 bridgehead atoms. The van der Waals surface area contributed by atoms with Crippen molar-refractivity contribution in [3.8, 4) is 11.3 Å². The Morgan fingerprint density at radius 1 is 0.944 bits per heavy atom. The molecule has 0 radical (unpaired) electrons. The largest absolute Gasteiger partial charge is 0.456 e. The van der Waals surface area contributed by atoms with Gasteiger partial charge in [-0.3, -0.25) is 15.0 Å². The van der Waals surface area contributed by atoms with Crippen molar-refractivity contribution in [2.24, 2.45) is 5.10 Å². The molecule has 0 aliphatic carbocycles. The van der Waals surface area contributed by atoms with Crippen LogP contribution in [0.25, 0.3) is 22.3 Å². The number of piperazine rings is 1. The summed E-state index contributed by atoms with van der Waals surface area (Å²) >= 11 is 6.00. The maximum atomic E-state index is 12.6. The molecule has 8 heteroatoms. The highest BCUT2D eigenvalue weighted by Gasteiger charge is 2.23. The normalized spacial score (nSPS) is 14.2. The fourth-order valence-corrected chi connectivity index (χ4v) is 4.41. The van der Waals surface area contributed by atoms with E-state index in [1.165, 1.54) is 13.0 Å². The van der Waals surface area contributed by atoms with E-state index < -0.39 is 0 Å². The summed E-state index contributed by atoms with van der Waals surface area (Å²) in [5.41, 5.74) is 5.85. The van der Waals surface area contributed by atoms with Crippen molar-refractivity contribution >= 4 is 45.6 Å². The van der Waals surface area contributed by atoms with Gasteiger partial charge in [0.2, 0.25) is 0 Å². The molecule has 1 aliphatic heterocycles. The van der Waals surface area contributed by atoms with Gasteiger partial charge < -0.3 is 14.2 Å². The number of anilines is 2. The number of halogens is 1. The van der Waals surface area contributed by atoms with Gasteiger partial charge in [0.1, 0.15) is 11.3 Å². The maximum absolute atomic E-state index is 12.6. The van der Waals surface area contributed by atoms with Crippen LogP contribution in [-0.2, 0) is 4.79 Å². The third-order valence-corrected chi connectivity index (χ3v) is 6.42. The number of hydrazone groups is 1. The SMILES string of the molecule is CC(=O)/C(=N/Nc1ccc2c(=O)cc(-c3ccccc3)oc2c1)N1CCN(c2ccc(Cl)cc2)CC1. The van der Waals surface area contributed by atoms with E-state index >= 15 is 0 Å². The fourth-order valence-electron chi connectivity index (χ4n) is 4.29. The van der Waals surface area contributed by atoms with E-state index in [1.807, 2.05) is 59.5 Å². The summed E-state index contributed by atoms with van der Waals surface area (Å²) in [5.74, 6) is 0.739. The number of amidine groups is 1. The van der Waals surface area contributed by atoms with Crippen LogP contribution in [0.5, 0.6) is 0 Å². The number of hydrogen-bond acceptors (Lipinski definition) is 6. The third-order valence-electron chi connectivity index (χ3n) is 6.16. The summed E-state index contributed by atoms with van der Waals surface area (Å²) in [6, 6.07) is 23.9. The third kappa shape index (κ3) is 5.11. The van der Waals surface area contributed by atoms with Gasteiger partial charge in [-0.05, 0) is 36.4 Å². The van der Waals surface area contributed by atoms with Gasteiger partial charge in [-0.25, -0.2) is 0 Å². The molecule has 1 saturated heterocycles. The number of nitrogens with zero attached hydrogens (tertiary/aromatic N) is 3. The molecule has 0 saturated carbocycles. The molecule has 7 nitrogen and oxygen atoms in total. The first-order valence-corrected chi connectivity index (χ1v) is 12.1. The molecule has 0 spiro atoms. The quantitative estimate of drug-likeness (QED) is 0.229. The predicted molar refractivity (Wildman–Crippen MR) is 145 cm³/mol. The van der Waals surface area contributed by atoms with Gasteiger partial charge in [0.15, 0.2) is 17.0 Å². The van der Waals surface area contributed by atoms with Crippen molar-refractivity contribution < 1.29 is 9.21 Å². The summed E-state index contributed by atoms with van der Waals surface area (Å²) < 4.78 is 6.02. The fraction of sp³-hybridized carbons (Fsp3) is 0.179. The first kappa shape index (κ1) is 23.6. The Labute approximate surface area is 213 Å². The molecule has 3 aromatic carbocycles. The van der Waals surface area contributed by atoms with Crippen LogP contribution in [0.3, 0.4) is 0 Å². The Balaban J connectivity index is 1.34. The number of fused-ring (bicyclic) bond motifs is 1. The molecule has 36 heavy (non-hydrogen) atoms. The van der Waals surface area contributed by atoms with Gasteiger partial charge in [-0.1, -0.05) is 41.9 Å². The first-order chi connectivity index (χ1) is 17.5.